The highest BCUT2D eigenvalue weighted by Gasteiger charge is 2.25. The van der Waals surface area contributed by atoms with E-state index in [-0.39, 0.29) is 6.54 Å². The molecule has 0 spiro atoms. The Labute approximate surface area is 119 Å². The number of hydrogen-bond donors (Lipinski definition) is 2. The van der Waals surface area contributed by atoms with Gasteiger partial charge >= 0.3 is 0 Å². The Balaban J connectivity index is 2.70. The van der Waals surface area contributed by atoms with Crippen molar-refractivity contribution in [3.8, 4) is 0 Å². The van der Waals surface area contributed by atoms with Crippen LogP contribution in [0.4, 0.5) is 0 Å². The lowest BCUT2D eigenvalue weighted by atomic mass is 10.1. The van der Waals surface area contributed by atoms with E-state index in [2.05, 4.69) is 4.72 Å². The first-order valence-electron chi connectivity index (χ1n) is 6.12. The van der Waals surface area contributed by atoms with E-state index in [1.54, 1.807) is 13.0 Å². The number of nitrogens with zero attached hydrogens (tertiary/aromatic N) is 1. The van der Waals surface area contributed by atoms with Crippen LogP contribution in [-0.2, 0) is 16.4 Å². The van der Waals surface area contributed by atoms with Crippen molar-refractivity contribution in [3.05, 3.63) is 17.0 Å². The summed E-state index contributed by atoms with van der Waals surface area (Å²) in [6.07, 6.45) is 0.818. The summed E-state index contributed by atoms with van der Waals surface area (Å²) in [5, 5.41) is 10.1. The zero-order valence-electron chi connectivity index (χ0n) is 11.8. The van der Waals surface area contributed by atoms with E-state index in [1.165, 1.54) is 11.3 Å². The van der Waals surface area contributed by atoms with Crippen molar-refractivity contribution in [2.45, 2.75) is 30.1 Å². The second-order valence-corrected chi connectivity index (χ2v) is 8.30. The highest BCUT2D eigenvalue weighted by Crippen LogP contribution is 2.21. The SMILES string of the molecule is CCc1ccc(S(=O)(=O)NCC(C)(O)CN(C)C)s1. The monoisotopic (exact) mass is 306 g/mol. The van der Waals surface area contributed by atoms with Gasteiger partial charge in [0.1, 0.15) is 4.21 Å². The summed E-state index contributed by atoms with van der Waals surface area (Å²) in [7, 11) is 0.130. The van der Waals surface area contributed by atoms with Crippen molar-refractivity contribution in [1.82, 2.24) is 9.62 Å². The Morgan fingerprint density at radius 1 is 1.42 bits per heavy atom. The van der Waals surface area contributed by atoms with Crippen LogP contribution in [-0.4, -0.2) is 51.2 Å². The summed E-state index contributed by atoms with van der Waals surface area (Å²) in [6, 6.07) is 3.42. The predicted molar refractivity (Wildman–Crippen MR) is 78.1 cm³/mol. The molecule has 0 aliphatic rings. The van der Waals surface area contributed by atoms with E-state index in [1.807, 2.05) is 32.0 Å². The van der Waals surface area contributed by atoms with E-state index in [9.17, 15) is 13.5 Å². The number of aryl methyl sites for hydroxylation is 1. The minimum atomic E-state index is -3.53. The minimum Gasteiger partial charge on any atom is -0.387 e. The maximum absolute atomic E-state index is 12.1. The predicted octanol–water partition coefficient (Wildman–Crippen LogP) is 0.901. The molecule has 110 valence electrons. The van der Waals surface area contributed by atoms with Gasteiger partial charge in [-0.25, -0.2) is 13.1 Å². The Morgan fingerprint density at radius 2 is 2.05 bits per heavy atom. The van der Waals surface area contributed by atoms with E-state index in [0.717, 1.165) is 11.3 Å². The highest BCUT2D eigenvalue weighted by molar-refractivity contribution is 7.91. The molecule has 1 aromatic heterocycles. The van der Waals surface area contributed by atoms with Crippen LogP contribution in [0.5, 0.6) is 0 Å². The third-order valence-corrected chi connectivity index (χ3v) is 5.67. The van der Waals surface area contributed by atoms with Gasteiger partial charge in [-0.05, 0) is 39.6 Å². The fourth-order valence-electron chi connectivity index (χ4n) is 1.75. The average Bonchev–Trinajstić information content (AvgIpc) is 2.74. The smallest absolute Gasteiger partial charge is 0.250 e. The quantitative estimate of drug-likeness (QED) is 0.785. The van der Waals surface area contributed by atoms with E-state index in [0.29, 0.717) is 10.8 Å². The molecule has 0 aliphatic carbocycles. The lowest BCUT2D eigenvalue weighted by Gasteiger charge is -2.26. The summed E-state index contributed by atoms with van der Waals surface area (Å²) >= 11 is 1.26. The molecule has 7 heteroatoms. The molecule has 1 aromatic rings. The molecule has 1 rings (SSSR count). The fourth-order valence-corrected chi connectivity index (χ4v) is 4.25. The van der Waals surface area contributed by atoms with Gasteiger partial charge in [0.05, 0.1) is 5.60 Å². The molecule has 0 fully saturated rings. The number of rotatable bonds is 7. The molecule has 0 bridgehead atoms. The molecule has 0 saturated carbocycles. The van der Waals surface area contributed by atoms with Crippen molar-refractivity contribution in [2.24, 2.45) is 0 Å². The standard InChI is InChI=1S/C12H22N2O3S2/c1-5-10-6-7-11(18-10)19(16,17)13-8-12(2,15)9-14(3)4/h6-7,13,15H,5,8-9H2,1-4H3. The number of hydrogen-bond acceptors (Lipinski definition) is 5. The van der Waals surface area contributed by atoms with Crippen molar-refractivity contribution in [3.63, 3.8) is 0 Å². The maximum Gasteiger partial charge on any atom is 0.250 e. The van der Waals surface area contributed by atoms with Gasteiger partial charge in [0, 0.05) is 18.0 Å². The molecule has 0 amide bonds. The Kier molecular flexibility index (Phi) is 5.52. The lowest BCUT2D eigenvalue weighted by molar-refractivity contribution is 0.0386. The molecular formula is C12H22N2O3S2. The summed E-state index contributed by atoms with van der Waals surface area (Å²) in [5.41, 5.74) is -1.10. The van der Waals surface area contributed by atoms with Gasteiger partial charge in [0.25, 0.3) is 0 Å². The average molecular weight is 306 g/mol. The van der Waals surface area contributed by atoms with Crippen molar-refractivity contribution >= 4 is 21.4 Å². The number of aliphatic hydroxyl groups is 1. The first kappa shape index (κ1) is 16.6. The summed E-state index contributed by atoms with van der Waals surface area (Å²) in [4.78, 5) is 2.84. The third-order valence-electron chi connectivity index (χ3n) is 2.55. The second-order valence-electron chi connectivity index (χ2n) is 5.13. The number of thiophene rings is 1. The largest absolute Gasteiger partial charge is 0.387 e. The van der Waals surface area contributed by atoms with E-state index in [4.69, 9.17) is 0 Å². The minimum absolute atomic E-state index is 0.00707. The highest BCUT2D eigenvalue weighted by atomic mass is 32.2. The first-order valence-corrected chi connectivity index (χ1v) is 8.42. The van der Waals surface area contributed by atoms with Gasteiger partial charge in [0.15, 0.2) is 0 Å². The molecule has 0 aliphatic heterocycles. The molecule has 1 heterocycles. The Hall–Kier alpha value is -0.470. The molecular weight excluding hydrogens is 284 g/mol. The van der Waals surface area contributed by atoms with Crippen LogP contribution in [0.15, 0.2) is 16.3 Å². The molecule has 1 unspecified atom stereocenters. The van der Waals surface area contributed by atoms with Crippen molar-refractivity contribution in [2.75, 3.05) is 27.2 Å². The molecule has 5 nitrogen and oxygen atoms in total. The molecule has 1 atom stereocenters. The first-order chi connectivity index (χ1) is 8.66. The molecule has 0 aromatic carbocycles. The lowest BCUT2D eigenvalue weighted by Crippen LogP contribution is -2.46. The van der Waals surface area contributed by atoms with Crippen LogP contribution < -0.4 is 4.72 Å². The number of nitrogens with one attached hydrogen (secondary N) is 1. The number of likely N-dealkylation sites (N-methyl/N-ethyl adjacent to an activating group) is 1. The Bertz CT molecular complexity index is 507. The van der Waals surface area contributed by atoms with E-state index >= 15 is 0 Å². The fraction of sp³-hybridized carbons (Fsp3) is 0.667. The molecule has 0 radical (unpaired) electrons. The van der Waals surface area contributed by atoms with Gasteiger partial charge < -0.3 is 10.0 Å². The van der Waals surface area contributed by atoms with Gasteiger partial charge in [-0.1, -0.05) is 6.92 Å². The van der Waals surface area contributed by atoms with Crippen LogP contribution in [0.1, 0.15) is 18.7 Å². The molecule has 0 saturated heterocycles. The van der Waals surface area contributed by atoms with Gasteiger partial charge in [-0.2, -0.15) is 0 Å². The van der Waals surface area contributed by atoms with Crippen molar-refractivity contribution < 1.29 is 13.5 Å². The number of sulfonamides is 1. The van der Waals surface area contributed by atoms with Gasteiger partial charge in [-0.15, -0.1) is 11.3 Å². The van der Waals surface area contributed by atoms with Crippen LogP contribution in [0.2, 0.25) is 0 Å². The topological polar surface area (TPSA) is 69.6 Å². The zero-order chi connectivity index (χ0) is 14.7. The van der Waals surface area contributed by atoms with Crippen LogP contribution >= 0.6 is 11.3 Å². The van der Waals surface area contributed by atoms with Crippen LogP contribution in [0.25, 0.3) is 0 Å². The van der Waals surface area contributed by atoms with Gasteiger partial charge in [0.2, 0.25) is 10.0 Å². The summed E-state index contributed by atoms with van der Waals surface area (Å²) in [5.74, 6) is 0. The Morgan fingerprint density at radius 3 is 2.53 bits per heavy atom. The third kappa shape index (κ3) is 5.19. The normalized spacial score (nSPS) is 15.7. The molecule has 19 heavy (non-hydrogen) atoms. The summed E-state index contributed by atoms with van der Waals surface area (Å²) in [6.45, 7) is 3.98. The second kappa shape index (κ2) is 6.32. The maximum atomic E-state index is 12.1. The van der Waals surface area contributed by atoms with Crippen LogP contribution in [0.3, 0.4) is 0 Å². The molecule has 2 N–H and O–H groups in total. The van der Waals surface area contributed by atoms with Crippen LogP contribution in [0, 0.1) is 0 Å². The zero-order valence-corrected chi connectivity index (χ0v) is 13.4. The van der Waals surface area contributed by atoms with Crippen molar-refractivity contribution in [1.29, 1.82) is 0 Å². The summed E-state index contributed by atoms with van der Waals surface area (Å²) < 4.78 is 26.9. The van der Waals surface area contributed by atoms with E-state index < -0.39 is 15.6 Å². The van der Waals surface area contributed by atoms with Gasteiger partial charge in [-0.3, -0.25) is 0 Å².